The van der Waals surface area contributed by atoms with E-state index in [1.807, 2.05) is 12.1 Å². The second-order valence-corrected chi connectivity index (χ2v) is 6.09. The van der Waals surface area contributed by atoms with E-state index in [1.165, 1.54) is 0 Å². The molecular formula is C16H24F2N2O. The molecule has 3 N–H and O–H groups in total. The summed E-state index contributed by atoms with van der Waals surface area (Å²) < 4.78 is 29.7. The third kappa shape index (κ3) is 3.92. The van der Waals surface area contributed by atoms with Crippen molar-refractivity contribution in [1.29, 1.82) is 0 Å². The molecule has 0 radical (unpaired) electrons. The third-order valence-electron chi connectivity index (χ3n) is 4.76. The lowest BCUT2D eigenvalue weighted by atomic mass is 9.72. The van der Waals surface area contributed by atoms with Crippen LogP contribution in [-0.4, -0.2) is 6.61 Å². The van der Waals surface area contributed by atoms with Crippen LogP contribution in [-0.2, 0) is 0 Å². The van der Waals surface area contributed by atoms with Gasteiger partial charge in [0.25, 0.3) is 0 Å². The zero-order valence-corrected chi connectivity index (χ0v) is 12.6. The number of benzene rings is 1. The fourth-order valence-electron chi connectivity index (χ4n) is 3.31. The zero-order valence-electron chi connectivity index (χ0n) is 12.6. The van der Waals surface area contributed by atoms with Crippen LogP contribution in [0.1, 0.15) is 44.7 Å². The van der Waals surface area contributed by atoms with Crippen LogP contribution in [0.5, 0.6) is 5.75 Å². The number of halogens is 2. The summed E-state index contributed by atoms with van der Waals surface area (Å²) in [7, 11) is 0. The Labute approximate surface area is 124 Å². The Kier molecular flexibility index (Phi) is 5.53. The number of nitrogens with one attached hydrogen (secondary N) is 1. The highest BCUT2D eigenvalue weighted by molar-refractivity contribution is 5.36. The minimum absolute atomic E-state index is 0.157. The predicted octanol–water partition coefficient (Wildman–Crippen LogP) is 3.86. The van der Waals surface area contributed by atoms with Crippen LogP contribution in [0.4, 0.5) is 8.78 Å². The van der Waals surface area contributed by atoms with Crippen LogP contribution in [0, 0.1) is 17.8 Å². The molecule has 1 aromatic carbocycles. The van der Waals surface area contributed by atoms with Gasteiger partial charge in [0, 0.05) is 5.56 Å². The van der Waals surface area contributed by atoms with Gasteiger partial charge in [0.15, 0.2) is 0 Å². The molecule has 3 nitrogen and oxygen atoms in total. The van der Waals surface area contributed by atoms with Gasteiger partial charge in [0.1, 0.15) is 5.75 Å². The number of ether oxygens (including phenoxy) is 1. The monoisotopic (exact) mass is 298 g/mol. The molecule has 0 aromatic heterocycles. The van der Waals surface area contributed by atoms with Crippen molar-refractivity contribution in [2.45, 2.75) is 45.8 Å². The van der Waals surface area contributed by atoms with Gasteiger partial charge in [-0.1, -0.05) is 38.5 Å². The molecule has 1 saturated carbocycles. The van der Waals surface area contributed by atoms with E-state index in [4.69, 9.17) is 5.84 Å². The summed E-state index contributed by atoms with van der Waals surface area (Å²) >= 11 is 0. The van der Waals surface area contributed by atoms with Crippen LogP contribution in [0.25, 0.3) is 0 Å². The summed E-state index contributed by atoms with van der Waals surface area (Å²) in [6.07, 6.45) is 3.23. The molecule has 1 aliphatic rings. The van der Waals surface area contributed by atoms with Gasteiger partial charge >= 0.3 is 6.61 Å². The fraction of sp³-hybridized carbons (Fsp3) is 0.625. The molecule has 118 valence electrons. The normalized spacial score (nSPS) is 27.6. The molecule has 0 amide bonds. The molecule has 1 aromatic rings. The summed E-state index contributed by atoms with van der Waals surface area (Å²) in [5, 5.41) is 0. The van der Waals surface area contributed by atoms with E-state index in [0.29, 0.717) is 23.3 Å². The first-order chi connectivity index (χ1) is 10.0. The van der Waals surface area contributed by atoms with Crippen molar-refractivity contribution in [2.24, 2.45) is 23.6 Å². The smallest absolute Gasteiger partial charge is 0.387 e. The van der Waals surface area contributed by atoms with E-state index in [0.717, 1.165) is 19.3 Å². The molecule has 2 rings (SSSR count). The van der Waals surface area contributed by atoms with Crippen molar-refractivity contribution < 1.29 is 13.5 Å². The van der Waals surface area contributed by atoms with E-state index in [1.54, 1.807) is 12.1 Å². The molecule has 0 heterocycles. The Hall–Kier alpha value is -1.20. The maximum Gasteiger partial charge on any atom is 0.387 e. The second-order valence-electron chi connectivity index (χ2n) is 6.09. The first kappa shape index (κ1) is 16.2. The van der Waals surface area contributed by atoms with Crippen molar-refractivity contribution in [1.82, 2.24) is 5.43 Å². The Morgan fingerprint density at radius 3 is 2.52 bits per heavy atom. The van der Waals surface area contributed by atoms with Crippen LogP contribution < -0.4 is 16.0 Å². The molecule has 0 aliphatic heterocycles. The van der Waals surface area contributed by atoms with Gasteiger partial charge < -0.3 is 4.74 Å². The maximum absolute atomic E-state index is 12.5. The van der Waals surface area contributed by atoms with Gasteiger partial charge in [-0.15, -0.1) is 0 Å². The molecule has 4 unspecified atom stereocenters. The molecule has 21 heavy (non-hydrogen) atoms. The number of hydrogen-bond acceptors (Lipinski definition) is 3. The number of rotatable bonds is 5. The van der Waals surface area contributed by atoms with Crippen molar-refractivity contribution >= 4 is 0 Å². The van der Waals surface area contributed by atoms with Gasteiger partial charge in [-0.05, 0) is 36.7 Å². The first-order valence-corrected chi connectivity index (χ1v) is 7.52. The van der Waals surface area contributed by atoms with E-state index in [-0.39, 0.29) is 11.8 Å². The second kappa shape index (κ2) is 7.18. The lowest BCUT2D eigenvalue weighted by Crippen LogP contribution is -2.37. The SMILES string of the molecule is CC1CCC(C(NN)c2ccccc2OC(F)F)CC1C. The molecular weight excluding hydrogens is 274 g/mol. The summed E-state index contributed by atoms with van der Waals surface area (Å²) in [5.74, 6) is 7.58. The minimum atomic E-state index is -2.82. The van der Waals surface area contributed by atoms with Crippen LogP contribution in [0.2, 0.25) is 0 Å². The predicted molar refractivity (Wildman–Crippen MR) is 78.8 cm³/mol. The van der Waals surface area contributed by atoms with Gasteiger partial charge in [-0.3, -0.25) is 11.3 Å². The highest BCUT2D eigenvalue weighted by Gasteiger charge is 2.32. The van der Waals surface area contributed by atoms with Crippen molar-refractivity contribution in [3.05, 3.63) is 29.8 Å². The van der Waals surface area contributed by atoms with Gasteiger partial charge in [-0.2, -0.15) is 8.78 Å². The summed E-state index contributed by atoms with van der Waals surface area (Å²) in [4.78, 5) is 0. The van der Waals surface area contributed by atoms with Crippen molar-refractivity contribution in [2.75, 3.05) is 0 Å². The average molecular weight is 298 g/mol. The van der Waals surface area contributed by atoms with Crippen molar-refractivity contribution in [3.63, 3.8) is 0 Å². The first-order valence-electron chi connectivity index (χ1n) is 7.52. The quantitative estimate of drug-likeness (QED) is 0.641. The molecule has 0 saturated heterocycles. The topological polar surface area (TPSA) is 47.3 Å². The molecule has 0 bridgehead atoms. The zero-order chi connectivity index (χ0) is 15.4. The van der Waals surface area contributed by atoms with Gasteiger partial charge in [-0.25, -0.2) is 0 Å². The Balaban J connectivity index is 2.21. The molecule has 1 fully saturated rings. The Bertz CT molecular complexity index is 456. The van der Waals surface area contributed by atoms with E-state index >= 15 is 0 Å². The standard InChI is InChI=1S/C16H24F2N2O/c1-10-7-8-12(9-11(10)2)15(20-19)13-5-3-4-6-14(13)21-16(17)18/h3-6,10-12,15-16,20H,7-9,19H2,1-2H3. The van der Waals surface area contributed by atoms with Gasteiger partial charge in [0.05, 0.1) is 6.04 Å². The van der Waals surface area contributed by atoms with E-state index in [9.17, 15) is 8.78 Å². The third-order valence-corrected chi connectivity index (χ3v) is 4.76. The van der Waals surface area contributed by atoms with Crippen molar-refractivity contribution in [3.8, 4) is 5.75 Å². The number of alkyl halides is 2. The van der Waals surface area contributed by atoms with Gasteiger partial charge in [0.2, 0.25) is 0 Å². The molecule has 1 aliphatic carbocycles. The van der Waals surface area contributed by atoms with E-state index in [2.05, 4.69) is 24.0 Å². The number of nitrogens with two attached hydrogens (primary N) is 1. The lowest BCUT2D eigenvalue weighted by molar-refractivity contribution is -0.0510. The summed E-state index contributed by atoms with van der Waals surface area (Å²) in [6.45, 7) is 1.68. The summed E-state index contributed by atoms with van der Waals surface area (Å²) in [6, 6.07) is 6.74. The average Bonchev–Trinajstić information content (AvgIpc) is 2.44. The lowest BCUT2D eigenvalue weighted by Gasteiger charge is -2.37. The highest BCUT2D eigenvalue weighted by atomic mass is 19.3. The van der Waals surface area contributed by atoms with Crippen LogP contribution in [0.15, 0.2) is 24.3 Å². The van der Waals surface area contributed by atoms with E-state index < -0.39 is 6.61 Å². The molecule has 0 spiro atoms. The number of hydrazine groups is 1. The number of hydrogen-bond donors (Lipinski definition) is 2. The largest absolute Gasteiger partial charge is 0.434 e. The Morgan fingerprint density at radius 1 is 1.19 bits per heavy atom. The van der Waals surface area contributed by atoms with Crippen LogP contribution in [0.3, 0.4) is 0 Å². The minimum Gasteiger partial charge on any atom is -0.434 e. The maximum atomic E-state index is 12.5. The molecule has 5 heteroatoms. The fourth-order valence-corrected chi connectivity index (χ4v) is 3.31. The van der Waals surface area contributed by atoms with Crippen LogP contribution >= 0.6 is 0 Å². The molecule has 4 atom stereocenters. The summed E-state index contributed by atoms with van der Waals surface area (Å²) in [5.41, 5.74) is 3.53. The number of para-hydroxylation sites is 1. The highest BCUT2D eigenvalue weighted by Crippen LogP contribution is 2.41. The Morgan fingerprint density at radius 2 is 1.90 bits per heavy atom.